The smallest absolute Gasteiger partial charge is 0.264 e. The first-order valence-corrected chi connectivity index (χ1v) is 14.0. The average molecular weight is 565 g/mol. The number of hydrogen-bond donors (Lipinski definition) is 1. The Labute approximate surface area is 228 Å². The Morgan fingerprint density at radius 2 is 1.75 bits per heavy atom. The molecule has 0 bridgehead atoms. The lowest BCUT2D eigenvalue weighted by atomic mass is 10.1. The van der Waals surface area contributed by atoms with Gasteiger partial charge in [0.1, 0.15) is 12.3 Å². The molecular formula is C26H27Cl2N3O3S2. The SMILES string of the molecule is CC(=NCC(=O)c1ccc(C(=O)N2CCN(C(C)C)CC2)s1)c1csc(-c2ccc(Cl)c(Cl)c2)c1O. The number of amides is 1. The highest BCUT2D eigenvalue weighted by molar-refractivity contribution is 7.16. The number of piperazine rings is 1. The molecule has 1 fully saturated rings. The molecule has 1 amide bonds. The molecule has 2 aromatic heterocycles. The first kappa shape index (κ1) is 26.8. The van der Waals surface area contributed by atoms with Crippen LogP contribution in [0.25, 0.3) is 10.4 Å². The molecule has 0 atom stereocenters. The summed E-state index contributed by atoms with van der Waals surface area (Å²) in [6.45, 7) is 9.11. The molecule has 3 heterocycles. The number of nitrogens with zero attached hydrogens (tertiary/aromatic N) is 3. The molecule has 36 heavy (non-hydrogen) atoms. The fraction of sp³-hybridized carbons (Fsp3) is 0.346. The van der Waals surface area contributed by atoms with Gasteiger partial charge in [0.2, 0.25) is 0 Å². The summed E-state index contributed by atoms with van der Waals surface area (Å²) in [7, 11) is 0. The highest BCUT2D eigenvalue weighted by Crippen LogP contribution is 2.40. The Morgan fingerprint density at radius 3 is 2.42 bits per heavy atom. The zero-order valence-corrected chi connectivity index (χ0v) is 23.4. The molecule has 0 unspecified atom stereocenters. The quantitative estimate of drug-likeness (QED) is 0.268. The molecule has 1 aliphatic rings. The normalized spacial score (nSPS) is 15.1. The molecule has 4 rings (SSSR count). The predicted molar refractivity (Wildman–Crippen MR) is 150 cm³/mol. The highest BCUT2D eigenvalue weighted by Gasteiger charge is 2.25. The van der Waals surface area contributed by atoms with Crippen LogP contribution in [0.4, 0.5) is 0 Å². The summed E-state index contributed by atoms with van der Waals surface area (Å²) < 4.78 is 0. The van der Waals surface area contributed by atoms with E-state index < -0.39 is 0 Å². The van der Waals surface area contributed by atoms with Gasteiger partial charge in [0, 0.05) is 48.9 Å². The van der Waals surface area contributed by atoms with Gasteiger partial charge in [-0.05, 0) is 50.6 Å². The minimum atomic E-state index is -0.164. The number of aliphatic imine (C=N–C) groups is 1. The van der Waals surface area contributed by atoms with Gasteiger partial charge in [0.25, 0.3) is 5.91 Å². The van der Waals surface area contributed by atoms with Crippen molar-refractivity contribution in [3.63, 3.8) is 0 Å². The summed E-state index contributed by atoms with van der Waals surface area (Å²) >= 11 is 14.7. The molecule has 0 spiro atoms. The van der Waals surface area contributed by atoms with E-state index in [1.807, 2.05) is 4.90 Å². The van der Waals surface area contributed by atoms with Crippen LogP contribution in [0.3, 0.4) is 0 Å². The molecule has 10 heteroatoms. The topological polar surface area (TPSA) is 73.2 Å². The van der Waals surface area contributed by atoms with Gasteiger partial charge in [-0.2, -0.15) is 0 Å². The lowest BCUT2D eigenvalue weighted by Crippen LogP contribution is -2.50. The number of carbonyl (C=O) groups excluding carboxylic acids is 2. The first-order valence-electron chi connectivity index (χ1n) is 11.6. The average Bonchev–Trinajstić information content (AvgIpc) is 3.51. The van der Waals surface area contributed by atoms with E-state index in [4.69, 9.17) is 23.2 Å². The lowest BCUT2D eigenvalue weighted by Gasteiger charge is -2.36. The molecule has 1 N–H and O–H groups in total. The van der Waals surface area contributed by atoms with Crippen molar-refractivity contribution in [2.24, 2.45) is 4.99 Å². The Kier molecular flexibility index (Phi) is 8.52. The van der Waals surface area contributed by atoms with Crippen molar-refractivity contribution in [1.82, 2.24) is 9.80 Å². The zero-order chi connectivity index (χ0) is 26.0. The Bertz CT molecular complexity index is 1310. The summed E-state index contributed by atoms with van der Waals surface area (Å²) in [6, 6.07) is 9.06. The molecule has 190 valence electrons. The fourth-order valence-electron chi connectivity index (χ4n) is 4.00. The summed E-state index contributed by atoms with van der Waals surface area (Å²) in [4.78, 5) is 36.0. The third-order valence-electron chi connectivity index (χ3n) is 6.22. The third kappa shape index (κ3) is 5.84. The second-order valence-electron chi connectivity index (χ2n) is 8.87. The van der Waals surface area contributed by atoms with Crippen LogP contribution < -0.4 is 0 Å². The van der Waals surface area contributed by atoms with Gasteiger partial charge in [-0.1, -0.05) is 29.3 Å². The maximum atomic E-state index is 12.9. The lowest BCUT2D eigenvalue weighted by molar-refractivity contribution is 0.0600. The van der Waals surface area contributed by atoms with Crippen molar-refractivity contribution in [1.29, 1.82) is 0 Å². The minimum Gasteiger partial charge on any atom is -0.506 e. The van der Waals surface area contributed by atoms with Gasteiger partial charge < -0.3 is 10.0 Å². The van der Waals surface area contributed by atoms with Crippen molar-refractivity contribution in [2.45, 2.75) is 26.8 Å². The van der Waals surface area contributed by atoms with Crippen LogP contribution in [-0.2, 0) is 0 Å². The standard InChI is InChI=1S/C26H27Cl2N3O3S2/c1-15(2)30-8-10-31(11-9-30)26(34)23-7-6-22(36-23)21(32)13-29-16(3)18-14-35-25(24(18)33)17-4-5-19(27)20(28)12-17/h4-7,12,14-15,33H,8-11,13H2,1-3H3. The predicted octanol–water partition coefficient (Wildman–Crippen LogP) is 6.35. The zero-order valence-electron chi connectivity index (χ0n) is 20.3. The van der Waals surface area contributed by atoms with E-state index in [9.17, 15) is 14.7 Å². The number of hydrogen-bond acceptors (Lipinski definition) is 7. The van der Waals surface area contributed by atoms with E-state index >= 15 is 0 Å². The van der Waals surface area contributed by atoms with E-state index in [2.05, 4.69) is 23.7 Å². The molecular weight excluding hydrogens is 537 g/mol. The number of Topliss-reactive ketones (excluding diaryl/α,β-unsaturated/α-hetero) is 1. The number of rotatable bonds is 7. The van der Waals surface area contributed by atoms with Crippen LogP contribution in [0.2, 0.25) is 10.0 Å². The minimum absolute atomic E-state index is 0.0276. The molecule has 0 radical (unpaired) electrons. The molecule has 1 saturated heterocycles. The van der Waals surface area contributed by atoms with Crippen molar-refractivity contribution < 1.29 is 14.7 Å². The summed E-state index contributed by atoms with van der Waals surface area (Å²) in [5.41, 5.74) is 1.87. The second-order valence-corrected chi connectivity index (χ2v) is 11.6. The number of thiophene rings is 2. The van der Waals surface area contributed by atoms with E-state index in [-0.39, 0.29) is 24.0 Å². The van der Waals surface area contributed by atoms with Gasteiger partial charge in [-0.15, -0.1) is 22.7 Å². The summed E-state index contributed by atoms with van der Waals surface area (Å²) in [5.74, 6) is -0.101. The van der Waals surface area contributed by atoms with Crippen molar-refractivity contribution in [3.05, 3.63) is 61.1 Å². The Morgan fingerprint density at radius 1 is 1.06 bits per heavy atom. The van der Waals surface area contributed by atoms with Crippen LogP contribution in [0, 0.1) is 0 Å². The van der Waals surface area contributed by atoms with E-state index in [1.54, 1.807) is 42.6 Å². The van der Waals surface area contributed by atoms with Crippen LogP contribution in [0.5, 0.6) is 5.75 Å². The number of ketones is 1. The van der Waals surface area contributed by atoms with Crippen LogP contribution in [-0.4, -0.2) is 71.1 Å². The van der Waals surface area contributed by atoms with Gasteiger partial charge in [-0.3, -0.25) is 19.5 Å². The third-order valence-corrected chi connectivity index (χ3v) is 9.09. The Balaban J connectivity index is 1.40. The fourth-order valence-corrected chi connectivity index (χ4v) is 6.21. The van der Waals surface area contributed by atoms with E-state index in [1.165, 1.54) is 22.7 Å². The number of benzene rings is 1. The maximum absolute atomic E-state index is 12.9. The van der Waals surface area contributed by atoms with Gasteiger partial charge in [-0.25, -0.2) is 0 Å². The number of halogens is 2. The van der Waals surface area contributed by atoms with E-state index in [0.717, 1.165) is 18.7 Å². The number of aromatic hydroxyl groups is 1. The molecule has 1 aromatic carbocycles. The second kappa shape index (κ2) is 11.4. The van der Waals surface area contributed by atoms with Crippen LogP contribution in [0.15, 0.2) is 40.7 Å². The van der Waals surface area contributed by atoms with Crippen molar-refractivity contribution >= 4 is 63.3 Å². The summed E-state index contributed by atoms with van der Waals surface area (Å²) in [5, 5.41) is 13.4. The highest BCUT2D eigenvalue weighted by atomic mass is 35.5. The van der Waals surface area contributed by atoms with Crippen molar-refractivity contribution in [2.75, 3.05) is 32.7 Å². The maximum Gasteiger partial charge on any atom is 0.264 e. The monoisotopic (exact) mass is 563 g/mol. The molecule has 0 aliphatic carbocycles. The molecule has 3 aromatic rings. The molecule has 6 nitrogen and oxygen atoms in total. The van der Waals surface area contributed by atoms with Crippen molar-refractivity contribution in [3.8, 4) is 16.2 Å². The van der Waals surface area contributed by atoms with Gasteiger partial charge in [0.15, 0.2) is 5.78 Å². The number of carbonyl (C=O) groups is 2. The van der Waals surface area contributed by atoms with Crippen LogP contribution >= 0.6 is 45.9 Å². The molecule has 1 aliphatic heterocycles. The van der Waals surface area contributed by atoms with E-state index in [0.29, 0.717) is 55.1 Å². The Hall–Kier alpha value is -2.23. The van der Waals surface area contributed by atoms with Gasteiger partial charge >= 0.3 is 0 Å². The molecule has 0 saturated carbocycles. The summed E-state index contributed by atoms with van der Waals surface area (Å²) in [6.07, 6.45) is 0. The van der Waals surface area contributed by atoms with Crippen LogP contribution in [0.1, 0.15) is 45.7 Å². The van der Waals surface area contributed by atoms with Gasteiger partial charge in [0.05, 0.1) is 24.7 Å². The first-order chi connectivity index (χ1) is 17.2. The largest absolute Gasteiger partial charge is 0.506 e.